The molecule has 0 spiro atoms. The van der Waals surface area contributed by atoms with Crippen molar-refractivity contribution in [3.05, 3.63) is 40.1 Å². The van der Waals surface area contributed by atoms with Crippen molar-refractivity contribution in [3.8, 4) is 0 Å². The number of urea groups is 1. The highest BCUT2D eigenvalue weighted by molar-refractivity contribution is 7.98. The number of carbonyl (C=O) groups is 1. The van der Waals surface area contributed by atoms with Crippen LogP contribution in [0.3, 0.4) is 0 Å². The number of rotatable bonds is 5. The Morgan fingerprint density at radius 3 is 2.83 bits per heavy atom. The summed E-state index contributed by atoms with van der Waals surface area (Å²) in [6, 6.07) is 4.06. The summed E-state index contributed by atoms with van der Waals surface area (Å²) in [5.74, 6) is 0. The van der Waals surface area contributed by atoms with Gasteiger partial charge in [0.1, 0.15) is 0 Å². The number of nitrogens with two attached hydrogens (primary N) is 1. The van der Waals surface area contributed by atoms with Gasteiger partial charge in [-0.2, -0.15) is 0 Å². The molecule has 0 atom stereocenters. The molecule has 0 bridgehead atoms. The van der Waals surface area contributed by atoms with Crippen molar-refractivity contribution in [1.29, 1.82) is 0 Å². The molecule has 0 aliphatic heterocycles. The van der Waals surface area contributed by atoms with E-state index in [0.29, 0.717) is 5.56 Å². The number of nitrogens with zero attached hydrogens (tertiary/aromatic N) is 1. The third-order valence-corrected chi connectivity index (χ3v) is 2.70. The largest absolute Gasteiger partial charge is 0.350 e. The van der Waals surface area contributed by atoms with E-state index in [0.717, 1.165) is 4.90 Å². The number of primary amides is 1. The first-order valence-electron chi connectivity index (χ1n) is 4.84. The Bertz CT molecular complexity index is 490. The van der Waals surface area contributed by atoms with Gasteiger partial charge in [-0.3, -0.25) is 15.5 Å². The number of nitro groups is 1. The predicted molar refractivity (Wildman–Crippen MR) is 69.8 cm³/mol. The van der Waals surface area contributed by atoms with Crippen LogP contribution in [0.1, 0.15) is 5.56 Å². The topological polar surface area (TPSA) is 110 Å². The number of hydrogen-bond donors (Lipinski definition) is 3. The SMILES string of the molecule is CSc1ccc([N+](=O)[O-])c(/C=C/NNC(N)=O)c1. The van der Waals surface area contributed by atoms with E-state index in [1.54, 1.807) is 12.1 Å². The number of hydrazine groups is 1. The van der Waals surface area contributed by atoms with E-state index in [4.69, 9.17) is 5.73 Å². The molecule has 1 rings (SSSR count). The van der Waals surface area contributed by atoms with Gasteiger partial charge in [-0.1, -0.05) is 0 Å². The van der Waals surface area contributed by atoms with Crippen LogP contribution >= 0.6 is 11.8 Å². The second kappa shape index (κ2) is 6.50. The minimum Gasteiger partial charge on any atom is -0.350 e. The number of benzene rings is 1. The van der Waals surface area contributed by atoms with Gasteiger partial charge in [-0.15, -0.1) is 11.8 Å². The van der Waals surface area contributed by atoms with Gasteiger partial charge in [0.2, 0.25) is 0 Å². The minimum atomic E-state index is -0.744. The number of amides is 2. The molecule has 4 N–H and O–H groups in total. The molecular weight excluding hydrogens is 256 g/mol. The molecule has 0 radical (unpaired) electrons. The van der Waals surface area contributed by atoms with Crippen molar-refractivity contribution >= 4 is 29.6 Å². The smallest absolute Gasteiger partial charge is 0.330 e. The monoisotopic (exact) mass is 268 g/mol. The van der Waals surface area contributed by atoms with Crippen LogP contribution in [0.25, 0.3) is 6.08 Å². The van der Waals surface area contributed by atoms with E-state index in [9.17, 15) is 14.9 Å². The molecule has 0 aromatic heterocycles. The van der Waals surface area contributed by atoms with Crippen molar-refractivity contribution < 1.29 is 9.72 Å². The molecule has 0 fully saturated rings. The van der Waals surface area contributed by atoms with Crippen molar-refractivity contribution in [2.75, 3.05) is 6.26 Å². The number of carbonyl (C=O) groups excluding carboxylic acids is 1. The molecule has 0 saturated heterocycles. The Kier molecular flexibility index (Phi) is 5.00. The summed E-state index contributed by atoms with van der Waals surface area (Å²) < 4.78 is 0. The summed E-state index contributed by atoms with van der Waals surface area (Å²) in [6.45, 7) is 0. The zero-order valence-corrected chi connectivity index (χ0v) is 10.4. The molecular formula is C10H12N4O3S. The highest BCUT2D eigenvalue weighted by atomic mass is 32.2. The van der Waals surface area contributed by atoms with Gasteiger partial charge in [0.15, 0.2) is 0 Å². The molecule has 7 nitrogen and oxygen atoms in total. The molecule has 8 heteroatoms. The lowest BCUT2D eigenvalue weighted by Gasteiger charge is -2.02. The lowest BCUT2D eigenvalue weighted by molar-refractivity contribution is -0.385. The Morgan fingerprint density at radius 2 is 2.28 bits per heavy atom. The van der Waals surface area contributed by atoms with Crippen molar-refractivity contribution in [3.63, 3.8) is 0 Å². The number of thioether (sulfide) groups is 1. The Hall–Kier alpha value is -2.22. The van der Waals surface area contributed by atoms with E-state index < -0.39 is 11.0 Å². The van der Waals surface area contributed by atoms with E-state index >= 15 is 0 Å². The lowest BCUT2D eigenvalue weighted by Crippen LogP contribution is -2.37. The van der Waals surface area contributed by atoms with Crippen LogP contribution in [0.4, 0.5) is 10.5 Å². The average molecular weight is 268 g/mol. The highest BCUT2D eigenvalue weighted by Crippen LogP contribution is 2.25. The predicted octanol–water partition coefficient (Wildman–Crippen LogP) is 1.46. The van der Waals surface area contributed by atoms with Crippen molar-refractivity contribution in [1.82, 2.24) is 10.9 Å². The van der Waals surface area contributed by atoms with Crippen molar-refractivity contribution in [2.45, 2.75) is 4.90 Å². The van der Waals surface area contributed by atoms with Crippen LogP contribution in [0.15, 0.2) is 29.3 Å². The molecule has 0 saturated carbocycles. The molecule has 1 aromatic rings. The zero-order chi connectivity index (χ0) is 13.5. The van der Waals surface area contributed by atoms with Gasteiger partial charge in [-0.05, 0) is 24.5 Å². The first kappa shape index (κ1) is 13.8. The standard InChI is InChI=1S/C10H12N4O3S/c1-18-8-2-3-9(14(16)17)7(6-8)4-5-12-13-10(11)15/h2-6,12H,1H3,(H3,11,13,15)/b5-4+. The maximum Gasteiger partial charge on any atom is 0.330 e. The maximum absolute atomic E-state index is 10.8. The Morgan fingerprint density at radius 1 is 1.56 bits per heavy atom. The summed E-state index contributed by atoms with van der Waals surface area (Å²) in [6.07, 6.45) is 4.71. The molecule has 96 valence electrons. The zero-order valence-electron chi connectivity index (χ0n) is 9.54. The molecule has 0 heterocycles. The molecule has 0 unspecified atom stereocenters. The summed E-state index contributed by atoms with van der Waals surface area (Å²) in [5.41, 5.74) is 9.79. The van der Waals surface area contributed by atoms with Crippen LogP contribution in [-0.4, -0.2) is 17.2 Å². The van der Waals surface area contributed by atoms with Crippen molar-refractivity contribution in [2.24, 2.45) is 5.73 Å². The van der Waals surface area contributed by atoms with Crippen LogP contribution in [0, 0.1) is 10.1 Å². The molecule has 18 heavy (non-hydrogen) atoms. The van der Waals surface area contributed by atoms with Gasteiger partial charge >= 0.3 is 6.03 Å². The fraction of sp³-hybridized carbons (Fsp3) is 0.100. The van der Waals surface area contributed by atoms with Gasteiger partial charge < -0.3 is 11.2 Å². The van der Waals surface area contributed by atoms with Crippen LogP contribution in [0.2, 0.25) is 0 Å². The van der Waals surface area contributed by atoms with E-state index in [2.05, 4.69) is 10.9 Å². The normalized spacial score (nSPS) is 10.3. The van der Waals surface area contributed by atoms with Crippen LogP contribution in [0.5, 0.6) is 0 Å². The molecule has 0 aliphatic rings. The number of hydrogen-bond acceptors (Lipinski definition) is 5. The van der Waals surface area contributed by atoms with Gasteiger partial charge in [0, 0.05) is 17.2 Å². The first-order chi connectivity index (χ1) is 8.54. The summed E-state index contributed by atoms with van der Waals surface area (Å²) in [4.78, 5) is 21.6. The molecule has 2 amide bonds. The summed E-state index contributed by atoms with van der Waals surface area (Å²) >= 11 is 1.48. The minimum absolute atomic E-state index is 0.00933. The van der Waals surface area contributed by atoms with Crippen LogP contribution < -0.4 is 16.6 Å². The number of nitro benzene ring substituents is 1. The van der Waals surface area contributed by atoms with Gasteiger partial charge in [-0.25, -0.2) is 4.79 Å². The maximum atomic E-state index is 10.8. The van der Waals surface area contributed by atoms with E-state index in [-0.39, 0.29) is 5.69 Å². The molecule has 0 aliphatic carbocycles. The number of nitrogens with one attached hydrogen (secondary N) is 2. The first-order valence-corrected chi connectivity index (χ1v) is 6.07. The third kappa shape index (κ3) is 3.98. The average Bonchev–Trinajstić information content (AvgIpc) is 2.33. The second-order valence-corrected chi connectivity index (χ2v) is 4.03. The van der Waals surface area contributed by atoms with Gasteiger partial charge in [0.05, 0.1) is 10.5 Å². The second-order valence-electron chi connectivity index (χ2n) is 3.15. The Balaban J connectivity index is 2.90. The summed E-state index contributed by atoms with van der Waals surface area (Å²) in [7, 11) is 0. The third-order valence-electron chi connectivity index (χ3n) is 1.97. The fourth-order valence-electron chi connectivity index (χ4n) is 1.20. The molecule has 1 aromatic carbocycles. The summed E-state index contributed by atoms with van der Waals surface area (Å²) in [5, 5.41) is 10.8. The van der Waals surface area contributed by atoms with Crippen LogP contribution in [-0.2, 0) is 0 Å². The Labute approximate surface area is 108 Å². The van der Waals surface area contributed by atoms with E-state index in [1.165, 1.54) is 30.1 Å². The van der Waals surface area contributed by atoms with E-state index in [1.807, 2.05) is 6.26 Å². The quantitative estimate of drug-likeness (QED) is 0.425. The highest BCUT2D eigenvalue weighted by Gasteiger charge is 2.11. The lowest BCUT2D eigenvalue weighted by atomic mass is 10.2. The van der Waals surface area contributed by atoms with Gasteiger partial charge in [0.25, 0.3) is 5.69 Å². The fourth-order valence-corrected chi connectivity index (χ4v) is 1.65.